The topological polar surface area (TPSA) is 76.3 Å². The van der Waals surface area contributed by atoms with Crippen molar-refractivity contribution in [2.24, 2.45) is 5.10 Å². The number of aromatic nitrogens is 2. The van der Waals surface area contributed by atoms with Crippen molar-refractivity contribution in [1.29, 1.82) is 0 Å². The molecule has 178 valence electrons. The van der Waals surface area contributed by atoms with Gasteiger partial charge in [0.05, 0.1) is 22.5 Å². The molecule has 5 rings (SSSR count). The number of nitrogens with one attached hydrogen (secondary N) is 1. The quantitative estimate of drug-likeness (QED) is 0.154. The van der Waals surface area contributed by atoms with E-state index in [1.165, 1.54) is 16.6 Å². The number of halogens is 1. The van der Waals surface area contributed by atoms with E-state index in [1.54, 1.807) is 28.9 Å². The number of para-hydroxylation sites is 1. The first-order valence-corrected chi connectivity index (χ1v) is 13.5. The first kappa shape index (κ1) is 23.8. The largest absolute Gasteiger partial charge is 0.272 e. The van der Waals surface area contributed by atoms with Crippen molar-refractivity contribution in [3.63, 3.8) is 0 Å². The Balaban J connectivity index is 1.44. The van der Waals surface area contributed by atoms with Crippen molar-refractivity contribution < 1.29 is 4.79 Å². The van der Waals surface area contributed by atoms with Crippen LogP contribution in [-0.2, 0) is 17.6 Å². The average Bonchev–Trinajstić information content (AvgIpc) is 3.25. The molecule has 0 aliphatic heterocycles. The van der Waals surface area contributed by atoms with Gasteiger partial charge in [-0.25, -0.2) is 10.4 Å². The molecule has 2 heterocycles. The van der Waals surface area contributed by atoms with Crippen molar-refractivity contribution in [3.8, 4) is 5.69 Å². The van der Waals surface area contributed by atoms with E-state index >= 15 is 0 Å². The van der Waals surface area contributed by atoms with Gasteiger partial charge >= 0.3 is 0 Å². The molecule has 1 amide bonds. The Morgan fingerprint density at radius 3 is 2.69 bits per heavy atom. The van der Waals surface area contributed by atoms with Crippen LogP contribution in [0.3, 0.4) is 0 Å². The standard InChI is InChI=1S/C26H23ClN4O2S2/c1-16(18-11-5-7-13-20(18)27)29-30-22(32)15-34-26-28-24-23(19-12-6-8-14-21(19)35-24)25(33)31(26)17-9-3-2-4-10-17/h2-5,7,9-11,13H,6,8,12,14-15H2,1H3,(H,30,32). The summed E-state index contributed by atoms with van der Waals surface area (Å²) in [6, 6.07) is 16.8. The molecule has 0 fully saturated rings. The Kier molecular flexibility index (Phi) is 7.04. The van der Waals surface area contributed by atoms with Gasteiger partial charge in [0.2, 0.25) is 0 Å². The van der Waals surface area contributed by atoms with Crippen molar-refractivity contribution in [1.82, 2.24) is 15.0 Å². The number of hydrazone groups is 1. The molecule has 6 nitrogen and oxygen atoms in total. The Hall–Kier alpha value is -2.94. The fraction of sp³-hybridized carbons (Fsp3) is 0.231. The molecule has 0 saturated heterocycles. The summed E-state index contributed by atoms with van der Waals surface area (Å²) in [7, 11) is 0. The number of hydrogen-bond acceptors (Lipinski definition) is 6. The summed E-state index contributed by atoms with van der Waals surface area (Å²) in [6.45, 7) is 1.79. The Morgan fingerprint density at radius 2 is 1.89 bits per heavy atom. The number of thioether (sulfide) groups is 1. The normalized spacial score (nSPS) is 13.6. The summed E-state index contributed by atoms with van der Waals surface area (Å²) in [5, 5.41) is 5.98. The van der Waals surface area contributed by atoms with Crippen LogP contribution in [-0.4, -0.2) is 26.9 Å². The number of thiophene rings is 1. The van der Waals surface area contributed by atoms with Crippen LogP contribution in [0.1, 0.15) is 35.8 Å². The molecule has 2 aromatic heterocycles. The van der Waals surface area contributed by atoms with Gasteiger partial charge in [-0.1, -0.05) is 59.8 Å². The lowest BCUT2D eigenvalue weighted by Gasteiger charge is -2.13. The molecule has 35 heavy (non-hydrogen) atoms. The van der Waals surface area contributed by atoms with Crippen LogP contribution in [0.4, 0.5) is 0 Å². The zero-order chi connectivity index (χ0) is 24.4. The van der Waals surface area contributed by atoms with Crippen LogP contribution in [0.2, 0.25) is 5.02 Å². The molecule has 0 atom stereocenters. The van der Waals surface area contributed by atoms with Gasteiger partial charge in [0.1, 0.15) is 4.83 Å². The van der Waals surface area contributed by atoms with Crippen LogP contribution >= 0.6 is 34.7 Å². The zero-order valence-electron chi connectivity index (χ0n) is 19.1. The summed E-state index contributed by atoms with van der Waals surface area (Å²) in [4.78, 5) is 33.2. The van der Waals surface area contributed by atoms with Crippen LogP contribution < -0.4 is 11.0 Å². The SMILES string of the molecule is CC(=NNC(=O)CSc1nc2sc3c(c2c(=O)n1-c1ccccc1)CCCC3)c1ccccc1Cl. The lowest BCUT2D eigenvalue weighted by Crippen LogP contribution is -2.24. The highest BCUT2D eigenvalue weighted by atomic mass is 35.5. The second-order valence-electron chi connectivity index (χ2n) is 8.26. The van der Waals surface area contributed by atoms with Gasteiger partial charge in [0, 0.05) is 15.5 Å². The maximum absolute atomic E-state index is 13.7. The first-order valence-electron chi connectivity index (χ1n) is 11.4. The van der Waals surface area contributed by atoms with E-state index in [-0.39, 0.29) is 17.2 Å². The molecule has 0 unspecified atom stereocenters. The lowest BCUT2D eigenvalue weighted by atomic mass is 9.97. The molecule has 0 saturated carbocycles. The van der Waals surface area contributed by atoms with Crippen LogP contribution in [0, 0.1) is 0 Å². The third kappa shape index (κ3) is 4.91. The smallest absolute Gasteiger partial charge is 0.267 e. The number of rotatable bonds is 6. The predicted molar refractivity (Wildman–Crippen MR) is 144 cm³/mol. The van der Waals surface area contributed by atoms with Crippen LogP contribution in [0.15, 0.2) is 69.6 Å². The van der Waals surface area contributed by atoms with Gasteiger partial charge in [-0.2, -0.15) is 5.10 Å². The summed E-state index contributed by atoms with van der Waals surface area (Å²) in [6.07, 6.45) is 4.14. The van der Waals surface area contributed by atoms with E-state index in [2.05, 4.69) is 10.5 Å². The highest BCUT2D eigenvalue weighted by Crippen LogP contribution is 2.35. The molecular formula is C26H23ClN4O2S2. The second kappa shape index (κ2) is 10.4. The fourth-order valence-electron chi connectivity index (χ4n) is 4.21. The van der Waals surface area contributed by atoms with Crippen molar-refractivity contribution in [2.45, 2.75) is 37.8 Å². The van der Waals surface area contributed by atoms with E-state index in [0.717, 1.165) is 52.7 Å². The summed E-state index contributed by atoms with van der Waals surface area (Å²) < 4.78 is 1.63. The van der Waals surface area contributed by atoms with Gasteiger partial charge in [-0.3, -0.25) is 14.2 Å². The third-order valence-electron chi connectivity index (χ3n) is 5.92. The predicted octanol–water partition coefficient (Wildman–Crippen LogP) is 5.61. The van der Waals surface area contributed by atoms with Gasteiger partial charge in [-0.15, -0.1) is 11.3 Å². The molecule has 1 N–H and O–H groups in total. The van der Waals surface area contributed by atoms with E-state index < -0.39 is 0 Å². The molecule has 1 aliphatic rings. The number of fused-ring (bicyclic) bond motifs is 3. The van der Waals surface area contributed by atoms with Crippen LogP contribution in [0.25, 0.3) is 15.9 Å². The van der Waals surface area contributed by atoms with Crippen LogP contribution in [0.5, 0.6) is 0 Å². The second-order valence-corrected chi connectivity index (χ2v) is 10.7. The number of benzene rings is 2. The molecular weight excluding hydrogens is 500 g/mol. The summed E-state index contributed by atoms with van der Waals surface area (Å²) >= 11 is 9.05. The number of hydrogen-bond donors (Lipinski definition) is 1. The monoisotopic (exact) mass is 522 g/mol. The fourth-order valence-corrected chi connectivity index (χ4v) is 6.59. The van der Waals surface area contributed by atoms with Gasteiger partial charge < -0.3 is 0 Å². The summed E-state index contributed by atoms with van der Waals surface area (Å²) in [5.41, 5.74) is 5.77. The lowest BCUT2D eigenvalue weighted by molar-refractivity contribution is -0.118. The number of carbonyl (C=O) groups excluding carboxylic acids is 1. The van der Waals surface area contributed by atoms with Gasteiger partial charge in [-0.05, 0) is 56.4 Å². The highest BCUT2D eigenvalue weighted by Gasteiger charge is 2.23. The Labute approximate surface area is 216 Å². The van der Waals surface area contributed by atoms with Crippen molar-refractivity contribution >= 4 is 56.5 Å². The average molecular weight is 523 g/mol. The van der Waals surface area contributed by atoms with Gasteiger partial charge in [0.15, 0.2) is 5.16 Å². The Morgan fingerprint density at radius 1 is 1.14 bits per heavy atom. The molecule has 0 spiro atoms. The minimum Gasteiger partial charge on any atom is -0.272 e. The van der Waals surface area contributed by atoms with Crippen molar-refractivity contribution in [2.75, 3.05) is 5.75 Å². The zero-order valence-corrected chi connectivity index (χ0v) is 21.5. The first-order chi connectivity index (χ1) is 17.0. The molecule has 0 radical (unpaired) electrons. The highest BCUT2D eigenvalue weighted by molar-refractivity contribution is 7.99. The number of aryl methyl sites for hydroxylation is 2. The molecule has 0 bridgehead atoms. The molecule has 1 aliphatic carbocycles. The maximum Gasteiger partial charge on any atom is 0.267 e. The van der Waals surface area contributed by atoms with E-state index in [4.69, 9.17) is 16.6 Å². The summed E-state index contributed by atoms with van der Waals surface area (Å²) in [5.74, 6) is -0.226. The molecule has 4 aromatic rings. The Bertz CT molecular complexity index is 1490. The van der Waals surface area contributed by atoms with E-state index in [1.807, 2.05) is 48.5 Å². The number of amides is 1. The number of carbonyl (C=O) groups is 1. The molecule has 2 aromatic carbocycles. The third-order valence-corrected chi connectivity index (χ3v) is 8.37. The molecule has 9 heteroatoms. The van der Waals surface area contributed by atoms with Crippen molar-refractivity contribution in [3.05, 3.63) is 86.0 Å². The van der Waals surface area contributed by atoms with Gasteiger partial charge in [0.25, 0.3) is 11.5 Å². The minimum absolute atomic E-state index is 0.0647. The minimum atomic E-state index is -0.291. The number of nitrogens with zero attached hydrogens (tertiary/aromatic N) is 3. The van der Waals surface area contributed by atoms with E-state index in [9.17, 15) is 9.59 Å². The van der Waals surface area contributed by atoms with E-state index in [0.29, 0.717) is 15.9 Å². The maximum atomic E-state index is 13.7.